The summed E-state index contributed by atoms with van der Waals surface area (Å²) in [5.41, 5.74) is 3.96. The lowest BCUT2D eigenvalue weighted by Crippen LogP contribution is -2.17. The topological polar surface area (TPSA) is 56.6 Å². The van der Waals surface area contributed by atoms with Crippen LogP contribution in [0, 0.1) is 0 Å². The van der Waals surface area contributed by atoms with Crippen molar-refractivity contribution in [3.05, 3.63) is 40.4 Å². The Hall–Kier alpha value is -2.15. The van der Waals surface area contributed by atoms with Crippen LogP contribution in [0.1, 0.15) is 5.56 Å². The minimum Gasteiger partial charge on any atom is -0.363 e. The van der Waals surface area contributed by atoms with Gasteiger partial charge in [-0.3, -0.25) is 5.43 Å². The van der Waals surface area contributed by atoms with Gasteiger partial charge in [-0.25, -0.2) is 0 Å². The number of halogens is 1. The molecule has 116 valence electrons. The van der Waals surface area contributed by atoms with Gasteiger partial charge >= 0.3 is 0 Å². The summed E-state index contributed by atoms with van der Waals surface area (Å²) in [4.78, 5) is 12.7. The van der Waals surface area contributed by atoms with Gasteiger partial charge in [0.2, 0.25) is 5.95 Å². The fourth-order valence-corrected chi connectivity index (χ4v) is 1.89. The molecule has 0 aliphatic heterocycles. The summed E-state index contributed by atoms with van der Waals surface area (Å²) in [6, 6.07) is 9.75. The molecule has 0 amide bonds. The quantitative estimate of drug-likeness (QED) is 0.654. The Labute approximate surface area is 139 Å². The smallest absolute Gasteiger partial charge is 0.228 e. The average Bonchev–Trinajstić information content (AvgIpc) is 2.49. The Bertz CT molecular complexity index is 625. The van der Waals surface area contributed by atoms with Gasteiger partial charge in [0, 0.05) is 38.7 Å². The molecule has 1 N–H and O–H groups in total. The number of nitrogens with one attached hydrogen (secondary N) is 1. The Morgan fingerprint density at radius 2 is 1.73 bits per heavy atom. The Balaban J connectivity index is 2.16. The predicted octanol–water partition coefficient (Wildman–Crippen LogP) is 2.82. The van der Waals surface area contributed by atoms with Crippen molar-refractivity contribution in [1.82, 2.24) is 9.97 Å². The molecule has 22 heavy (non-hydrogen) atoms. The van der Waals surface area contributed by atoms with Gasteiger partial charge in [-0.15, -0.1) is 0 Å². The van der Waals surface area contributed by atoms with E-state index < -0.39 is 0 Å². The lowest BCUT2D eigenvalue weighted by Gasteiger charge is -2.16. The zero-order valence-electron chi connectivity index (χ0n) is 13.1. The minimum atomic E-state index is 0.632. The lowest BCUT2D eigenvalue weighted by atomic mass is 10.2. The van der Waals surface area contributed by atoms with E-state index in [4.69, 9.17) is 0 Å². The standard InChI is InChI=1S/C15H19BrN6/c1-21(2)14-9-13(18-15(19-14)22(3)4)20-17-10-11-5-7-12(16)8-6-11/h5-10H,1-4H3,(H,18,19,20)/b17-10-. The first kappa shape index (κ1) is 16.2. The van der Waals surface area contributed by atoms with Crippen LogP contribution >= 0.6 is 15.9 Å². The van der Waals surface area contributed by atoms with E-state index in [9.17, 15) is 0 Å². The molecule has 0 saturated carbocycles. The molecule has 2 aromatic rings. The highest BCUT2D eigenvalue weighted by atomic mass is 79.9. The van der Waals surface area contributed by atoms with Crippen molar-refractivity contribution in [3.8, 4) is 0 Å². The van der Waals surface area contributed by atoms with Crippen molar-refractivity contribution in [2.45, 2.75) is 0 Å². The van der Waals surface area contributed by atoms with Crippen molar-refractivity contribution in [3.63, 3.8) is 0 Å². The van der Waals surface area contributed by atoms with Gasteiger partial charge in [-0.2, -0.15) is 15.1 Å². The number of nitrogens with zero attached hydrogens (tertiary/aromatic N) is 5. The average molecular weight is 363 g/mol. The molecule has 6 nitrogen and oxygen atoms in total. The van der Waals surface area contributed by atoms with E-state index in [-0.39, 0.29) is 0 Å². The third kappa shape index (κ3) is 4.42. The molecule has 0 radical (unpaired) electrons. The van der Waals surface area contributed by atoms with Gasteiger partial charge in [-0.1, -0.05) is 28.1 Å². The number of hydrazone groups is 1. The van der Waals surface area contributed by atoms with Crippen LogP contribution in [0.3, 0.4) is 0 Å². The van der Waals surface area contributed by atoms with Crippen LogP contribution in [0.25, 0.3) is 0 Å². The summed E-state index contributed by atoms with van der Waals surface area (Å²) < 4.78 is 1.04. The zero-order chi connectivity index (χ0) is 16.1. The summed E-state index contributed by atoms with van der Waals surface area (Å²) in [6.45, 7) is 0. The van der Waals surface area contributed by atoms with Crippen LogP contribution in [-0.4, -0.2) is 44.4 Å². The zero-order valence-corrected chi connectivity index (χ0v) is 14.7. The highest BCUT2D eigenvalue weighted by molar-refractivity contribution is 9.10. The van der Waals surface area contributed by atoms with E-state index in [1.165, 1.54) is 0 Å². The normalized spacial score (nSPS) is 10.8. The Morgan fingerprint density at radius 1 is 1.05 bits per heavy atom. The third-order valence-corrected chi connectivity index (χ3v) is 3.35. The molecule has 2 rings (SSSR count). The van der Waals surface area contributed by atoms with Crippen LogP contribution in [0.15, 0.2) is 39.9 Å². The second-order valence-electron chi connectivity index (χ2n) is 5.12. The highest BCUT2D eigenvalue weighted by Crippen LogP contribution is 2.17. The molecular formula is C15H19BrN6. The van der Waals surface area contributed by atoms with Crippen LogP contribution < -0.4 is 15.2 Å². The van der Waals surface area contributed by atoms with Gasteiger partial charge in [0.25, 0.3) is 0 Å². The summed E-state index contributed by atoms with van der Waals surface area (Å²) in [7, 11) is 7.70. The molecule has 1 aromatic carbocycles. The van der Waals surface area contributed by atoms with E-state index in [0.717, 1.165) is 15.9 Å². The van der Waals surface area contributed by atoms with E-state index in [0.29, 0.717) is 11.8 Å². The molecule has 0 unspecified atom stereocenters. The number of aromatic nitrogens is 2. The lowest BCUT2D eigenvalue weighted by molar-refractivity contribution is 0.966. The Kier molecular flexibility index (Phi) is 5.32. The molecule has 7 heteroatoms. The first-order valence-corrected chi connectivity index (χ1v) is 7.53. The highest BCUT2D eigenvalue weighted by Gasteiger charge is 2.07. The number of benzene rings is 1. The fourth-order valence-electron chi connectivity index (χ4n) is 1.63. The summed E-state index contributed by atoms with van der Waals surface area (Å²) in [6.07, 6.45) is 1.75. The molecular weight excluding hydrogens is 344 g/mol. The van der Waals surface area contributed by atoms with Crippen molar-refractivity contribution < 1.29 is 0 Å². The number of hydrogen-bond acceptors (Lipinski definition) is 6. The first-order valence-electron chi connectivity index (χ1n) is 6.74. The summed E-state index contributed by atoms with van der Waals surface area (Å²) in [5.74, 6) is 2.10. The van der Waals surface area contributed by atoms with Crippen LogP contribution in [-0.2, 0) is 0 Å². The predicted molar refractivity (Wildman–Crippen MR) is 96.0 cm³/mol. The van der Waals surface area contributed by atoms with Gasteiger partial charge < -0.3 is 9.80 Å². The fraction of sp³-hybridized carbons (Fsp3) is 0.267. The Morgan fingerprint density at radius 3 is 2.32 bits per heavy atom. The van der Waals surface area contributed by atoms with Gasteiger partial charge in [0.05, 0.1) is 6.21 Å². The summed E-state index contributed by atoms with van der Waals surface area (Å²) in [5, 5.41) is 4.22. The monoisotopic (exact) mass is 362 g/mol. The van der Waals surface area contributed by atoms with Crippen molar-refractivity contribution in [2.75, 3.05) is 43.4 Å². The second-order valence-corrected chi connectivity index (χ2v) is 6.04. The minimum absolute atomic E-state index is 0.632. The van der Waals surface area contributed by atoms with E-state index in [2.05, 4.69) is 36.4 Å². The molecule has 0 atom stereocenters. The summed E-state index contributed by atoms with van der Waals surface area (Å²) >= 11 is 3.41. The van der Waals surface area contributed by atoms with Crippen LogP contribution in [0.2, 0.25) is 0 Å². The van der Waals surface area contributed by atoms with Crippen molar-refractivity contribution >= 4 is 39.7 Å². The number of rotatable bonds is 5. The van der Waals surface area contributed by atoms with Crippen LogP contribution in [0.5, 0.6) is 0 Å². The van der Waals surface area contributed by atoms with Crippen molar-refractivity contribution in [2.24, 2.45) is 5.10 Å². The SMILES string of the molecule is CN(C)c1cc(N/N=C\c2ccc(Br)cc2)nc(N(C)C)n1. The first-order chi connectivity index (χ1) is 10.5. The third-order valence-electron chi connectivity index (χ3n) is 2.82. The van der Waals surface area contributed by atoms with E-state index >= 15 is 0 Å². The molecule has 0 fully saturated rings. The van der Waals surface area contributed by atoms with Gasteiger partial charge in [0.15, 0.2) is 5.82 Å². The van der Waals surface area contributed by atoms with E-state index in [1.54, 1.807) is 6.21 Å². The largest absolute Gasteiger partial charge is 0.363 e. The van der Waals surface area contributed by atoms with Gasteiger partial charge in [-0.05, 0) is 17.7 Å². The number of hydrogen-bond donors (Lipinski definition) is 1. The molecule has 0 aliphatic rings. The molecule has 1 aromatic heterocycles. The number of anilines is 3. The maximum Gasteiger partial charge on any atom is 0.228 e. The molecule has 0 spiro atoms. The molecule has 0 aliphatic carbocycles. The van der Waals surface area contributed by atoms with Gasteiger partial charge in [0.1, 0.15) is 5.82 Å². The molecule has 0 bridgehead atoms. The maximum absolute atomic E-state index is 4.45. The van der Waals surface area contributed by atoms with E-state index in [1.807, 2.05) is 68.3 Å². The maximum atomic E-state index is 4.45. The second kappa shape index (κ2) is 7.22. The molecule has 1 heterocycles. The van der Waals surface area contributed by atoms with Crippen LogP contribution in [0.4, 0.5) is 17.6 Å². The molecule has 0 saturated heterocycles. The van der Waals surface area contributed by atoms with Crippen molar-refractivity contribution in [1.29, 1.82) is 0 Å².